The minimum absolute atomic E-state index is 0.0104. The van der Waals surface area contributed by atoms with Crippen LogP contribution in [0.2, 0.25) is 0 Å². The molecule has 0 atom stereocenters. The minimum atomic E-state index is -0.0104. The normalized spacial score (nSPS) is 14.5. The van der Waals surface area contributed by atoms with E-state index in [1.54, 1.807) is 0 Å². The first-order valence-electron chi connectivity index (χ1n) is 11.0. The molecule has 1 aliphatic rings. The number of hydrogen-bond donors (Lipinski definition) is 1. The van der Waals surface area contributed by atoms with Crippen molar-refractivity contribution < 1.29 is 4.79 Å². The van der Waals surface area contributed by atoms with Crippen LogP contribution in [0.3, 0.4) is 0 Å². The van der Waals surface area contributed by atoms with Gasteiger partial charge in [-0.25, -0.2) is 0 Å². The second-order valence-corrected chi connectivity index (χ2v) is 8.37. The lowest BCUT2D eigenvalue weighted by Crippen LogP contribution is -2.46. The lowest BCUT2D eigenvalue weighted by Gasteiger charge is -2.36. The fourth-order valence-corrected chi connectivity index (χ4v) is 4.27. The van der Waals surface area contributed by atoms with Crippen LogP contribution in [0.4, 0.5) is 5.69 Å². The molecule has 0 bridgehead atoms. The molecule has 0 radical (unpaired) electrons. The molecule has 1 fully saturated rings. The summed E-state index contributed by atoms with van der Waals surface area (Å²) in [6, 6.07) is 25.0. The Hall–Kier alpha value is -3.11. The van der Waals surface area contributed by atoms with Gasteiger partial charge in [-0.05, 0) is 48.7 Å². The number of aryl methyl sites for hydroxylation is 2. The first-order chi connectivity index (χ1) is 15.1. The quantitative estimate of drug-likeness (QED) is 0.644. The molecule has 0 aromatic heterocycles. The van der Waals surface area contributed by atoms with Gasteiger partial charge in [0.2, 0.25) is 0 Å². The first-order valence-corrected chi connectivity index (χ1v) is 11.0. The fourth-order valence-electron chi connectivity index (χ4n) is 4.27. The zero-order valence-electron chi connectivity index (χ0n) is 18.5. The maximum atomic E-state index is 12.7. The van der Waals surface area contributed by atoms with Crippen molar-refractivity contribution in [3.63, 3.8) is 0 Å². The predicted molar refractivity (Wildman–Crippen MR) is 127 cm³/mol. The van der Waals surface area contributed by atoms with Gasteiger partial charge < -0.3 is 10.2 Å². The van der Waals surface area contributed by atoms with E-state index in [0.29, 0.717) is 6.54 Å². The number of anilines is 1. The fraction of sp³-hybridized carbons (Fsp3) is 0.296. The zero-order chi connectivity index (χ0) is 21.6. The van der Waals surface area contributed by atoms with Gasteiger partial charge in [0.05, 0.1) is 0 Å². The van der Waals surface area contributed by atoms with Gasteiger partial charge in [0.15, 0.2) is 0 Å². The van der Waals surface area contributed by atoms with E-state index in [4.69, 9.17) is 0 Å². The number of benzene rings is 3. The summed E-state index contributed by atoms with van der Waals surface area (Å²) in [6.45, 7) is 9.65. The Bertz CT molecular complexity index is 1020. The van der Waals surface area contributed by atoms with E-state index < -0.39 is 0 Å². The minimum Gasteiger partial charge on any atom is -0.369 e. The zero-order valence-corrected chi connectivity index (χ0v) is 18.5. The van der Waals surface area contributed by atoms with Crippen LogP contribution in [0.5, 0.6) is 0 Å². The Morgan fingerprint density at radius 1 is 0.839 bits per heavy atom. The van der Waals surface area contributed by atoms with E-state index in [-0.39, 0.29) is 5.91 Å². The number of amides is 1. The Labute approximate surface area is 185 Å². The highest BCUT2D eigenvalue weighted by Gasteiger charge is 2.18. The van der Waals surface area contributed by atoms with E-state index in [2.05, 4.69) is 75.8 Å². The lowest BCUT2D eigenvalue weighted by molar-refractivity contribution is 0.0950. The van der Waals surface area contributed by atoms with Crippen LogP contribution in [0, 0.1) is 13.8 Å². The Kier molecular flexibility index (Phi) is 6.68. The van der Waals surface area contributed by atoms with E-state index in [0.717, 1.165) is 43.9 Å². The van der Waals surface area contributed by atoms with Crippen LogP contribution in [0.25, 0.3) is 0 Å². The summed E-state index contributed by atoms with van der Waals surface area (Å²) in [6.07, 6.45) is 0. The van der Waals surface area contributed by atoms with Crippen LogP contribution < -0.4 is 10.2 Å². The summed E-state index contributed by atoms with van der Waals surface area (Å²) in [7, 11) is 0. The number of nitrogens with zero attached hydrogens (tertiary/aromatic N) is 2. The highest BCUT2D eigenvalue weighted by molar-refractivity contribution is 5.95. The van der Waals surface area contributed by atoms with Crippen LogP contribution in [-0.2, 0) is 13.1 Å². The van der Waals surface area contributed by atoms with E-state index >= 15 is 0 Å². The standard InChI is InChI=1S/C27H31N3O/c1-21-12-13-26(22(2)18-21)27(31)28-19-23-8-6-7-9-24(23)20-29-14-16-30(17-15-29)25-10-4-3-5-11-25/h3-13,18H,14-17,19-20H2,1-2H3,(H,28,31). The van der Waals surface area contributed by atoms with E-state index in [1.807, 2.05) is 26.0 Å². The van der Waals surface area contributed by atoms with Crippen molar-refractivity contribution in [3.05, 3.63) is 101 Å². The molecule has 1 N–H and O–H groups in total. The number of carbonyl (C=O) groups excluding carboxylic acids is 1. The van der Waals surface area contributed by atoms with Gasteiger partial charge in [-0.1, -0.05) is 60.2 Å². The molecule has 1 amide bonds. The van der Waals surface area contributed by atoms with Crippen LogP contribution >= 0.6 is 0 Å². The molecule has 4 heteroatoms. The number of rotatable bonds is 6. The number of para-hydroxylation sites is 1. The Morgan fingerprint density at radius 2 is 1.52 bits per heavy atom. The number of hydrogen-bond acceptors (Lipinski definition) is 3. The van der Waals surface area contributed by atoms with Crippen molar-refractivity contribution in [2.24, 2.45) is 0 Å². The van der Waals surface area contributed by atoms with Crippen molar-refractivity contribution in [1.82, 2.24) is 10.2 Å². The van der Waals surface area contributed by atoms with Gasteiger partial charge in [-0.3, -0.25) is 9.69 Å². The third-order valence-corrected chi connectivity index (χ3v) is 6.07. The molecule has 3 aromatic carbocycles. The van der Waals surface area contributed by atoms with Gasteiger partial charge in [-0.15, -0.1) is 0 Å². The third kappa shape index (κ3) is 5.33. The van der Waals surface area contributed by atoms with Crippen LogP contribution in [-0.4, -0.2) is 37.0 Å². The lowest BCUT2D eigenvalue weighted by atomic mass is 10.0. The highest BCUT2D eigenvalue weighted by atomic mass is 16.1. The highest BCUT2D eigenvalue weighted by Crippen LogP contribution is 2.18. The largest absolute Gasteiger partial charge is 0.369 e. The third-order valence-electron chi connectivity index (χ3n) is 6.07. The molecule has 1 saturated heterocycles. The Morgan fingerprint density at radius 3 is 2.23 bits per heavy atom. The molecule has 4 nitrogen and oxygen atoms in total. The number of carbonyl (C=O) groups is 1. The van der Waals surface area contributed by atoms with Crippen LogP contribution in [0.15, 0.2) is 72.8 Å². The molecule has 1 aliphatic heterocycles. The summed E-state index contributed by atoms with van der Waals surface area (Å²) in [5, 5.41) is 3.12. The van der Waals surface area contributed by atoms with Crippen molar-refractivity contribution in [2.45, 2.75) is 26.9 Å². The smallest absolute Gasteiger partial charge is 0.251 e. The molecule has 4 rings (SSSR count). The molecule has 160 valence electrons. The van der Waals surface area contributed by atoms with Gasteiger partial charge >= 0.3 is 0 Å². The average Bonchev–Trinajstić information content (AvgIpc) is 2.79. The van der Waals surface area contributed by atoms with E-state index in [9.17, 15) is 4.79 Å². The molecular weight excluding hydrogens is 382 g/mol. The average molecular weight is 414 g/mol. The van der Waals surface area contributed by atoms with E-state index in [1.165, 1.54) is 22.4 Å². The van der Waals surface area contributed by atoms with Crippen LogP contribution in [0.1, 0.15) is 32.6 Å². The summed E-state index contributed by atoms with van der Waals surface area (Å²) >= 11 is 0. The van der Waals surface area contributed by atoms with Crippen molar-refractivity contribution in [2.75, 3.05) is 31.1 Å². The summed E-state index contributed by atoms with van der Waals surface area (Å²) in [5.74, 6) is -0.0104. The molecular formula is C27H31N3O. The van der Waals surface area contributed by atoms with Gasteiger partial charge in [0, 0.05) is 50.5 Å². The molecule has 3 aromatic rings. The monoisotopic (exact) mass is 413 g/mol. The van der Waals surface area contributed by atoms with Crippen molar-refractivity contribution >= 4 is 11.6 Å². The van der Waals surface area contributed by atoms with Gasteiger partial charge in [0.25, 0.3) is 5.91 Å². The van der Waals surface area contributed by atoms with Crippen molar-refractivity contribution in [3.8, 4) is 0 Å². The second-order valence-electron chi connectivity index (χ2n) is 8.37. The van der Waals surface area contributed by atoms with Gasteiger partial charge in [0.1, 0.15) is 0 Å². The molecule has 31 heavy (non-hydrogen) atoms. The molecule has 0 aliphatic carbocycles. The maximum Gasteiger partial charge on any atom is 0.251 e. The molecule has 0 spiro atoms. The number of nitrogens with one attached hydrogen (secondary N) is 1. The second kappa shape index (κ2) is 9.80. The summed E-state index contributed by atoms with van der Waals surface area (Å²) < 4.78 is 0. The Balaban J connectivity index is 1.35. The predicted octanol–water partition coefficient (Wildman–Crippen LogP) is 4.56. The summed E-state index contributed by atoms with van der Waals surface area (Å²) in [4.78, 5) is 17.7. The topological polar surface area (TPSA) is 35.6 Å². The summed E-state index contributed by atoms with van der Waals surface area (Å²) in [5.41, 5.74) is 6.72. The molecule has 1 heterocycles. The van der Waals surface area contributed by atoms with Crippen molar-refractivity contribution in [1.29, 1.82) is 0 Å². The SMILES string of the molecule is Cc1ccc(C(=O)NCc2ccccc2CN2CCN(c3ccccc3)CC2)c(C)c1. The number of piperazine rings is 1. The first kappa shape index (κ1) is 21.1. The molecule has 0 unspecified atom stereocenters. The van der Waals surface area contributed by atoms with Gasteiger partial charge in [-0.2, -0.15) is 0 Å². The molecule has 0 saturated carbocycles. The maximum absolute atomic E-state index is 12.7.